The Morgan fingerprint density at radius 1 is 1.25 bits per heavy atom. The van der Waals surface area contributed by atoms with E-state index in [2.05, 4.69) is 31.4 Å². The Morgan fingerprint density at radius 2 is 1.96 bits per heavy atom. The number of benzene rings is 1. The third-order valence-electron chi connectivity index (χ3n) is 4.15. The first-order chi connectivity index (χ1) is 11.3. The summed E-state index contributed by atoms with van der Waals surface area (Å²) < 4.78 is 19.4. The molecule has 1 saturated heterocycles. The first-order valence-corrected chi connectivity index (χ1v) is 8.24. The van der Waals surface area contributed by atoms with Crippen LogP contribution < -0.4 is 10.6 Å². The molecule has 1 aliphatic rings. The van der Waals surface area contributed by atoms with Crippen LogP contribution in [0.1, 0.15) is 33.6 Å². The third-order valence-corrected chi connectivity index (χ3v) is 4.15. The molecule has 1 aromatic carbocycles. The first kappa shape index (κ1) is 18.4. The Morgan fingerprint density at radius 3 is 2.62 bits per heavy atom. The lowest BCUT2D eigenvalue weighted by Gasteiger charge is -2.40. The van der Waals surface area contributed by atoms with Crippen molar-refractivity contribution in [1.29, 1.82) is 0 Å². The second-order valence-electron chi connectivity index (χ2n) is 7.20. The third kappa shape index (κ3) is 4.77. The highest BCUT2D eigenvalue weighted by Gasteiger charge is 2.35. The molecule has 1 fully saturated rings. The molecule has 6 heteroatoms. The van der Waals surface area contributed by atoms with Gasteiger partial charge in [-0.15, -0.1) is 0 Å². The van der Waals surface area contributed by atoms with Crippen molar-refractivity contribution in [2.24, 2.45) is 11.3 Å². The molecule has 2 atom stereocenters. The van der Waals surface area contributed by atoms with E-state index in [-0.39, 0.29) is 23.1 Å². The predicted molar refractivity (Wildman–Crippen MR) is 90.0 cm³/mol. The van der Waals surface area contributed by atoms with Crippen molar-refractivity contribution in [3.05, 3.63) is 30.1 Å². The number of anilines is 1. The molecule has 0 spiro atoms. The normalized spacial score (nSPS) is 21.2. The molecular formula is C18H25FN2O3. The largest absolute Gasteiger partial charge is 0.377 e. The van der Waals surface area contributed by atoms with Crippen molar-refractivity contribution in [3.8, 4) is 0 Å². The SMILES string of the molecule is CC(C)(C)[C@@H]1OCCC[C@H]1CNC(=O)C(=O)Nc1ccccc1F. The summed E-state index contributed by atoms with van der Waals surface area (Å²) in [6, 6.07) is 5.73. The number of rotatable bonds is 3. The number of hydrogen-bond donors (Lipinski definition) is 2. The van der Waals surface area contributed by atoms with Crippen LogP contribution >= 0.6 is 0 Å². The van der Waals surface area contributed by atoms with Gasteiger partial charge in [-0.3, -0.25) is 9.59 Å². The molecular weight excluding hydrogens is 311 g/mol. The molecule has 0 aromatic heterocycles. The van der Waals surface area contributed by atoms with Crippen molar-refractivity contribution in [2.75, 3.05) is 18.5 Å². The summed E-state index contributed by atoms with van der Waals surface area (Å²) in [5.41, 5.74) is -0.0446. The fourth-order valence-electron chi connectivity index (χ4n) is 3.06. The van der Waals surface area contributed by atoms with Crippen molar-refractivity contribution in [1.82, 2.24) is 5.32 Å². The van der Waals surface area contributed by atoms with Crippen molar-refractivity contribution < 1.29 is 18.7 Å². The molecule has 24 heavy (non-hydrogen) atoms. The fraction of sp³-hybridized carbons (Fsp3) is 0.556. The smallest absolute Gasteiger partial charge is 0.313 e. The number of halogens is 1. The van der Waals surface area contributed by atoms with Crippen LogP contribution in [0.4, 0.5) is 10.1 Å². The zero-order valence-corrected chi connectivity index (χ0v) is 14.4. The predicted octanol–water partition coefficient (Wildman–Crippen LogP) is 2.72. The van der Waals surface area contributed by atoms with Gasteiger partial charge in [-0.05, 0) is 30.4 Å². The van der Waals surface area contributed by atoms with Gasteiger partial charge in [0.05, 0.1) is 11.8 Å². The van der Waals surface area contributed by atoms with E-state index < -0.39 is 17.6 Å². The van der Waals surface area contributed by atoms with Gasteiger partial charge in [-0.25, -0.2) is 4.39 Å². The second kappa shape index (κ2) is 7.75. The Balaban J connectivity index is 1.90. The molecule has 5 nitrogen and oxygen atoms in total. The molecule has 0 unspecified atom stereocenters. The minimum atomic E-state index is -0.871. The number of hydrogen-bond acceptors (Lipinski definition) is 3. The maximum atomic E-state index is 13.5. The first-order valence-electron chi connectivity index (χ1n) is 8.24. The van der Waals surface area contributed by atoms with E-state index in [0.29, 0.717) is 6.54 Å². The average molecular weight is 336 g/mol. The van der Waals surface area contributed by atoms with Crippen LogP contribution in [0.2, 0.25) is 0 Å². The molecule has 1 heterocycles. The summed E-state index contributed by atoms with van der Waals surface area (Å²) in [5.74, 6) is -2.06. The zero-order chi connectivity index (χ0) is 17.7. The van der Waals surface area contributed by atoms with Crippen LogP contribution in [-0.4, -0.2) is 31.1 Å². The van der Waals surface area contributed by atoms with Crippen molar-refractivity contribution >= 4 is 17.5 Å². The molecule has 2 rings (SSSR count). The molecule has 0 bridgehead atoms. The molecule has 1 aromatic rings. The number of carbonyl (C=O) groups excluding carboxylic acids is 2. The van der Waals surface area contributed by atoms with Gasteiger partial charge in [0.25, 0.3) is 0 Å². The summed E-state index contributed by atoms with van der Waals surface area (Å²) in [6.07, 6.45) is 1.91. The Bertz CT molecular complexity index is 598. The molecule has 0 saturated carbocycles. The number of ether oxygens (including phenoxy) is 1. The van der Waals surface area contributed by atoms with Crippen LogP contribution in [0.5, 0.6) is 0 Å². The molecule has 2 amide bonds. The maximum Gasteiger partial charge on any atom is 0.313 e. The quantitative estimate of drug-likeness (QED) is 0.834. The lowest BCUT2D eigenvalue weighted by molar-refractivity contribution is -0.137. The van der Waals surface area contributed by atoms with Crippen LogP contribution in [0.25, 0.3) is 0 Å². The van der Waals surface area contributed by atoms with E-state index in [4.69, 9.17) is 4.74 Å². The summed E-state index contributed by atoms with van der Waals surface area (Å²) in [6.45, 7) is 7.39. The highest BCUT2D eigenvalue weighted by molar-refractivity contribution is 6.39. The van der Waals surface area contributed by atoms with E-state index in [1.807, 2.05) is 0 Å². The van der Waals surface area contributed by atoms with E-state index in [9.17, 15) is 14.0 Å². The van der Waals surface area contributed by atoms with Gasteiger partial charge in [-0.2, -0.15) is 0 Å². The molecule has 0 aliphatic carbocycles. The van der Waals surface area contributed by atoms with Crippen LogP contribution in [-0.2, 0) is 14.3 Å². The number of carbonyl (C=O) groups is 2. The van der Waals surface area contributed by atoms with E-state index in [0.717, 1.165) is 19.4 Å². The topological polar surface area (TPSA) is 67.4 Å². The summed E-state index contributed by atoms with van der Waals surface area (Å²) >= 11 is 0. The second-order valence-corrected chi connectivity index (χ2v) is 7.20. The Kier molecular flexibility index (Phi) is 5.94. The lowest BCUT2D eigenvalue weighted by Crippen LogP contribution is -2.46. The molecule has 2 N–H and O–H groups in total. The Hall–Kier alpha value is -1.95. The van der Waals surface area contributed by atoms with Gasteiger partial charge in [0.1, 0.15) is 5.82 Å². The minimum Gasteiger partial charge on any atom is -0.377 e. The van der Waals surface area contributed by atoms with Crippen LogP contribution in [0.3, 0.4) is 0 Å². The lowest BCUT2D eigenvalue weighted by atomic mass is 9.78. The van der Waals surface area contributed by atoms with Crippen LogP contribution in [0.15, 0.2) is 24.3 Å². The number of para-hydroxylation sites is 1. The fourth-order valence-corrected chi connectivity index (χ4v) is 3.06. The van der Waals surface area contributed by atoms with Crippen LogP contribution in [0, 0.1) is 17.2 Å². The Labute approximate surface area is 142 Å². The molecule has 132 valence electrons. The van der Waals surface area contributed by atoms with Gasteiger partial charge >= 0.3 is 11.8 Å². The van der Waals surface area contributed by atoms with E-state index >= 15 is 0 Å². The van der Waals surface area contributed by atoms with E-state index in [1.54, 1.807) is 6.07 Å². The monoisotopic (exact) mass is 336 g/mol. The summed E-state index contributed by atoms with van der Waals surface area (Å²) in [7, 11) is 0. The van der Waals surface area contributed by atoms with Gasteiger partial charge in [0.15, 0.2) is 0 Å². The summed E-state index contributed by atoms with van der Waals surface area (Å²) in [4.78, 5) is 23.9. The standard InChI is InChI=1S/C18H25FN2O3/c1-18(2,3)15-12(7-6-10-24-15)11-20-16(22)17(23)21-14-9-5-4-8-13(14)19/h4-5,8-9,12,15H,6-7,10-11H2,1-3H3,(H,20,22)(H,21,23)/t12-,15+/m0/s1. The van der Waals surface area contributed by atoms with Crippen molar-refractivity contribution in [3.63, 3.8) is 0 Å². The molecule has 1 aliphatic heterocycles. The number of amides is 2. The average Bonchev–Trinajstić information content (AvgIpc) is 2.54. The minimum absolute atomic E-state index is 0.00813. The maximum absolute atomic E-state index is 13.5. The van der Waals surface area contributed by atoms with Gasteiger partial charge in [-0.1, -0.05) is 32.9 Å². The highest BCUT2D eigenvalue weighted by atomic mass is 19.1. The van der Waals surface area contributed by atoms with Gasteiger partial charge < -0.3 is 15.4 Å². The van der Waals surface area contributed by atoms with Gasteiger partial charge in [0, 0.05) is 19.1 Å². The number of nitrogens with one attached hydrogen (secondary N) is 2. The highest BCUT2D eigenvalue weighted by Crippen LogP contribution is 2.33. The molecule has 0 radical (unpaired) electrons. The summed E-state index contributed by atoms with van der Waals surface area (Å²) in [5, 5.41) is 4.92. The van der Waals surface area contributed by atoms with Crippen molar-refractivity contribution in [2.45, 2.75) is 39.7 Å². The van der Waals surface area contributed by atoms with E-state index in [1.165, 1.54) is 18.2 Å². The zero-order valence-electron chi connectivity index (χ0n) is 14.4. The van der Waals surface area contributed by atoms with Gasteiger partial charge in [0.2, 0.25) is 0 Å².